The van der Waals surface area contributed by atoms with E-state index in [0.717, 1.165) is 12.1 Å². The number of carbonyl (C=O) groups is 2. The number of amides is 2. The number of oxazole rings is 1. The molecule has 2 amide bonds. The second-order valence-electron chi connectivity index (χ2n) is 4.93. The summed E-state index contributed by atoms with van der Waals surface area (Å²) >= 11 is 0. The van der Waals surface area contributed by atoms with Crippen molar-refractivity contribution in [3.8, 4) is 11.3 Å². The maximum absolute atomic E-state index is 13.6. The summed E-state index contributed by atoms with van der Waals surface area (Å²) in [6, 6.07) is 2.34. The van der Waals surface area contributed by atoms with Crippen molar-refractivity contribution in [2.75, 3.05) is 0 Å². The number of hydrogen-bond acceptors (Lipinski definition) is 4. The van der Waals surface area contributed by atoms with Crippen molar-refractivity contribution in [1.29, 1.82) is 0 Å². The van der Waals surface area contributed by atoms with Gasteiger partial charge in [0.15, 0.2) is 11.7 Å². The second kappa shape index (κ2) is 6.99. The molecule has 0 saturated heterocycles. The lowest BCUT2D eigenvalue weighted by Crippen LogP contribution is -2.42. The van der Waals surface area contributed by atoms with Crippen LogP contribution in [-0.4, -0.2) is 22.8 Å². The standard InChI is InChI=1S/C15H15F2N3O3/c1-8(15(18)22)20-13(21)4-5-14-19-7-12(23-14)10-3-2-9(16)6-11(10)17/h2-3,6-8H,4-5H2,1H3,(H2,18,22)(H,20,21). The Bertz CT molecular complexity index is 731. The zero-order valence-corrected chi connectivity index (χ0v) is 12.3. The van der Waals surface area contributed by atoms with E-state index in [0.29, 0.717) is 0 Å². The molecule has 0 aliphatic rings. The quantitative estimate of drug-likeness (QED) is 0.842. The summed E-state index contributed by atoms with van der Waals surface area (Å²) in [6.45, 7) is 1.47. The first-order valence-electron chi connectivity index (χ1n) is 6.85. The van der Waals surface area contributed by atoms with E-state index < -0.39 is 23.6 Å². The highest BCUT2D eigenvalue weighted by Crippen LogP contribution is 2.24. The SMILES string of the molecule is CC(NC(=O)CCc1ncc(-c2ccc(F)cc2F)o1)C(N)=O. The molecule has 1 aromatic carbocycles. The summed E-state index contributed by atoms with van der Waals surface area (Å²) in [5.41, 5.74) is 5.12. The van der Waals surface area contributed by atoms with Gasteiger partial charge in [0.25, 0.3) is 0 Å². The van der Waals surface area contributed by atoms with Crippen molar-refractivity contribution in [3.63, 3.8) is 0 Å². The first-order valence-corrected chi connectivity index (χ1v) is 6.85. The van der Waals surface area contributed by atoms with Gasteiger partial charge in [-0.25, -0.2) is 13.8 Å². The number of carbonyl (C=O) groups excluding carboxylic acids is 2. The maximum Gasteiger partial charge on any atom is 0.239 e. The fourth-order valence-corrected chi connectivity index (χ4v) is 1.84. The molecule has 0 fully saturated rings. The lowest BCUT2D eigenvalue weighted by molar-refractivity contribution is -0.127. The lowest BCUT2D eigenvalue weighted by Gasteiger charge is -2.08. The van der Waals surface area contributed by atoms with Gasteiger partial charge in [0.05, 0.1) is 11.8 Å². The fraction of sp³-hybridized carbons (Fsp3) is 0.267. The number of benzene rings is 1. The summed E-state index contributed by atoms with van der Waals surface area (Å²) in [6.07, 6.45) is 1.50. The van der Waals surface area contributed by atoms with Crippen molar-refractivity contribution >= 4 is 11.8 Å². The van der Waals surface area contributed by atoms with Crippen LogP contribution in [0.25, 0.3) is 11.3 Å². The molecule has 0 aliphatic heterocycles. The van der Waals surface area contributed by atoms with E-state index in [2.05, 4.69) is 10.3 Å². The molecule has 6 nitrogen and oxygen atoms in total. The van der Waals surface area contributed by atoms with Crippen LogP contribution >= 0.6 is 0 Å². The first kappa shape index (κ1) is 16.6. The van der Waals surface area contributed by atoms with Gasteiger partial charge in [0, 0.05) is 18.9 Å². The summed E-state index contributed by atoms with van der Waals surface area (Å²) in [5, 5.41) is 2.42. The molecular formula is C15H15F2N3O3. The molecule has 1 unspecified atom stereocenters. The number of nitrogens with two attached hydrogens (primary N) is 1. The average molecular weight is 323 g/mol. The summed E-state index contributed by atoms with van der Waals surface area (Å²) in [4.78, 5) is 26.4. The predicted octanol–water partition coefficient (Wildman–Crippen LogP) is 1.54. The zero-order chi connectivity index (χ0) is 17.0. The largest absolute Gasteiger partial charge is 0.441 e. The van der Waals surface area contributed by atoms with E-state index in [1.807, 2.05) is 0 Å². The Hall–Kier alpha value is -2.77. The first-order chi connectivity index (χ1) is 10.9. The van der Waals surface area contributed by atoms with E-state index in [4.69, 9.17) is 10.2 Å². The molecule has 0 radical (unpaired) electrons. The minimum atomic E-state index is -0.768. The van der Waals surface area contributed by atoms with E-state index >= 15 is 0 Å². The monoisotopic (exact) mass is 323 g/mol. The van der Waals surface area contributed by atoms with Crippen molar-refractivity contribution in [1.82, 2.24) is 10.3 Å². The summed E-state index contributed by atoms with van der Waals surface area (Å²) < 4.78 is 31.9. The number of aryl methyl sites for hydroxylation is 1. The number of nitrogens with zero attached hydrogens (tertiary/aromatic N) is 1. The van der Waals surface area contributed by atoms with Crippen LogP contribution in [0.2, 0.25) is 0 Å². The molecule has 1 atom stereocenters. The highest BCUT2D eigenvalue weighted by atomic mass is 19.1. The molecule has 1 heterocycles. The second-order valence-corrected chi connectivity index (χ2v) is 4.93. The third kappa shape index (κ3) is 4.35. The van der Waals surface area contributed by atoms with Crippen LogP contribution in [0.1, 0.15) is 19.2 Å². The summed E-state index contributed by atoms with van der Waals surface area (Å²) in [7, 11) is 0. The van der Waals surface area contributed by atoms with Crippen LogP contribution in [0, 0.1) is 11.6 Å². The molecule has 1 aromatic heterocycles. The third-order valence-electron chi connectivity index (χ3n) is 3.12. The Morgan fingerprint density at radius 1 is 1.39 bits per heavy atom. The molecule has 8 heteroatoms. The number of halogens is 2. The van der Waals surface area contributed by atoms with Crippen molar-refractivity contribution in [2.24, 2.45) is 5.73 Å². The Balaban J connectivity index is 1.97. The summed E-state index contributed by atoms with van der Waals surface area (Å²) in [5.74, 6) is -2.10. The highest BCUT2D eigenvalue weighted by molar-refractivity contribution is 5.86. The van der Waals surface area contributed by atoms with Gasteiger partial charge >= 0.3 is 0 Å². The van der Waals surface area contributed by atoms with E-state index in [1.54, 1.807) is 0 Å². The van der Waals surface area contributed by atoms with Gasteiger partial charge in [0.2, 0.25) is 11.8 Å². The Kier molecular flexibility index (Phi) is 5.05. The molecule has 122 valence electrons. The van der Waals surface area contributed by atoms with Gasteiger partial charge in [-0.2, -0.15) is 0 Å². The molecule has 2 aromatic rings. The number of aromatic nitrogens is 1. The molecule has 23 heavy (non-hydrogen) atoms. The van der Waals surface area contributed by atoms with Gasteiger partial charge in [0.1, 0.15) is 17.7 Å². The van der Waals surface area contributed by atoms with Crippen LogP contribution in [0.5, 0.6) is 0 Å². The van der Waals surface area contributed by atoms with E-state index in [-0.39, 0.29) is 36.0 Å². The Morgan fingerprint density at radius 3 is 2.78 bits per heavy atom. The van der Waals surface area contributed by atoms with E-state index in [1.165, 1.54) is 19.2 Å². The molecule has 0 bridgehead atoms. The van der Waals surface area contributed by atoms with Gasteiger partial charge in [-0.3, -0.25) is 9.59 Å². The molecular weight excluding hydrogens is 308 g/mol. The molecule has 3 N–H and O–H groups in total. The zero-order valence-electron chi connectivity index (χ0n) is 12.3. The van der Waals surface area contributed by atoms with Crippen LogP contribution in [0.15, 0.2) is 28.8 Å². The Labute approximate surface area is 130 Å². The Morgan fingerprint density at radius 2 is 2.13 bits per heavy atom. The van der Waals surface area contributed by atoms with Gasteiger partial charge < -0.3 is 15.5 Å². The van der Waals surface area contributed by atoms with Crippen molar-refractivity contribution in [2.45, 2.75) is 25.8 Å². The van der Waals surface area contributed by atoms with Crippen LogP contribution in [0.3, 0.4) is 0 Å². The van der Waals surface area contributed by atoms with E-state index in [9.17, 15) is 18.4 Å². The number of hydrogen-bond donors (Lipinski definition) is 2. The minimum Gasteiger partial charge on any atom is -0.441 e. The third-order valence-corrected chi connectivity index (χ3v) is 3.12. The van der Waals surface area contributed by atoms with Gasteiger partial charge in [-0.15, -0.1) is 0 Å². The lowest BCUT2D eigenvalue weighted by atomic mass is 10.2. The molecule has 2 rings (SSSR count). The normalized spacial score (nSPS) is 12.0. The van der Waals surface area contributed by atoms with Gasteiger partial charge in [-0.1, -0.05) is 0 Å². The predicted molar refractivity (Wildman–Crippen MR) is 77.0 cm³/mol. The molecule has 0 saturated carbocycles. The topological polar surface area (TPSA) is 98.2 Å². The molecule has 0 spiro atoms. The van der Waals surface area contributed by atoms with Crippen LogP contribution in [0.4, 0.5) is 8.78 Å². The highest BCUT2D eigenvalue weighted by Gasteiger charge is 2.15. The van der Waals surface area contributed by atoms with Crippen molar-refractivity contribution in [3.05, 3.63) is 41.9 Å². The number of primary amides is 1. The molecule has 0 aliphatic carbocycles. The average Bonchev–Trinajstić information content (AvgIpc) is 2.93. The van der Waals surface area contributed by atoms with Crippen molar-refractivity contribution < 1.29 is 22.8 Å². The fourth-order valence-electron chi connectivity index (χ4n) is 1.84. The maximum atomic E-state index is 13.6. The minimum absolute atomic E-state index is 0.0312. The smallest absolute Gasteiger partial charge is 0.239 e. The van der Waals surface area contributed by atoms with Crippen LogP contribution < -0.4 is 11.1 Å². The number of nitrogens with one attached hydrogen (secondary N) is 1. The number of rotatable bonds is 6. The van der Waals surface area contributed by atoms with Crippen LogP contribution in [-0.2, 0) is 16.0 Å². The van der Waals surface area contributed by atoms with Gasteiger partial charge in [-0.05, 0) is 19.1 Å².